The summed E-state index contributed by atoms with van der Waals surface area (Å²) in [6.07, 6.45) is 1.54. The Hall–Kier alpha value is -2.37. The van der Waals surface area contributed by atoms with Crippen molar-refractivity contribution >= 4 is 22.6 Å². The number of carbonyl (C=O) groups excluding carboxylic acids is 1. The highest BCUT2D eigenvalue weighted by molar-refractivity contribution is 5.82. The Labute approximate surface area is 90.1 Å². The van der Waals surface area contributed by atoms with E-state index in [2.05, 4.69) is 0 Å². The zero-order chi connectivity index (χ0) is 11.7. The number of nitrogens with zero attached hydrogens (tertiary/aromatic N) is 2. The minimum Gasteiger partial charge on any atom is -0.337 e. The van der Waals surface area contributed by atoms with Gasteiger partial charge in [-0.25, -0.2) is 4.79 Å². The lowest BCUT2D eigenvalue weighted by atomic mass is 10.2. The largest absolute Gasteiger partial charge is 0.337 e. The smallest absolute Gasteiger partial charge is 0.329 e. The van der Waals surface area contributed by atoms with Gasteiger partial charge in [-0.15, -0.1) is 0 Å². The molecule has 0 atom stereocenters. The second kappa shape index (κ2) is 3.65. The van der Waals surface area contributed by atoms with Gasteiger partial charge < -0.3 is 4.84 Å². The molecular weight excluding hydrogens is 212 g/mol. The zero-order valence-electron chi connectivity index (χ0n) is 8.41. The first-order chi connectivity index (χ1) is 7.58. The molecule has 16 heavy (non-hydrogen) atoms. The second-order valence-corrected chi connectivity index (χ2v) is 3.22. The Morgan fingerprint density at radius 2 is 2.19 bits per heavy atom. The van der Waals surface area contributed by atoms with Crippen LogP contribution in [0.25, 0.3) is 10.9 Å². The SMILES string of the molecule is CC(=O)On1ccc2cc([N+](=O)[O-])ccc21. The minimum atomic E-state index is -0.470. The molecule has 0 saturated carbocycles. The molecule has 0 spiro atoms. The summed E-state index contributed by atoms with van der Waals surface area (Å²) in [7, 11) is 0. The van der Waals surface area contributed by atoms with Gasteiger partial charge in [0.2, 0.25) is 0 Å². The molecule has 0 amide bonds. The van der Waals surface area contributed by atoms with Gasteiger partial charge in [-0.1, -0.05) is 0 Å². The molecule has 0 bridgehead atoms. The lowest BCUT2D eigenvalue weighted by Crippen LogP contribution is -2.14. The molecule has 2 aromatic rings. The number of hydrogen-bond donors (Lipinski definition) is 0. The Balaban J connectivity index is 2.50. The summed E-state index contributed by atoms with van der Waals surface area (Å²) in [5.41, 5.74) is 0.619. The van der Waals surface area contributed by atoms with Gasteiger partial charge >= 0.3 is 5.97 Å². The molecule has 2 rings (SSSR count). The maximum atomic E-state index is 10.8. The number of fused-ring (bicyclic) bond motifs is 1. The van der Waals surface area contributed by atoms with Gasteiger partial charge in [-0.2, -0.15) is 4.73 Å². The van der Waals surface area contributed by atoms with E-state index in [1.807, 2.05) is 0 Å². The quantitative estimate of drug-likeness (QED) is 0.568. The highest BCUT2D eigenvalue weighted by Gasteiger charge is 2.09. The summed E-state index contributed by atoms with van der Waals surface area (Å²) in [6, 6.07) is 5.97. The number of rotatable bonds is 2. The van der Waals surface area contributed by atoms with E-state index in [0.29, 0.717) is 10.9 Å². The van der Waals surface area contributed by atoms with Crippen molar-refractivity contribution in [3.63, 3.8) is 0 Å². The molecule has 0 N–H and O–H groups in total. The average molecular weight is 220 g/mol. The first-order valence-electron chi connectivity index (χ1n) is 4.52. The Morgan fingerprint density at radius 1 is 1.44 bits per heavy atom. The fraction of sp³-hybridized carbons (Fsp3) is 0.100. The van der Waals surface area contributed by atoms with Gasteiger partial charge in [-0.3, -0.25) is 10.1 Å². The van der Waals surface area contributed by atoms with Crippen LogP contribution in [0.2, 0.25) is 0 Å². The van der Waals surface area contributed by atoms with Crippen molar-refractivity contribution in [3.05, 3.63) is 40.6 Å². The van der Waals surface area contributed by atoms with Gasteiger partial charge in [0.15, 0.2) is 0 Å². The first-order valence-corrected chi connectivity index (χ1v) is 4.52. The molecule has 0 aliphatic heterocycles. The van der Waals surface area contributed by atoms with E-state index in [0.717, 1.165) is 0 Å². The van der Waals surface area contributed by atoms with Crippen LogP contribution in [0.1, 0.15) is 6.92 Å². The molecular formula is C10H8N2O4. The van der Waals surface area contributed by atoms with Crippen molar-refractivity contribution in [2.45, 2.75) is 6.92 Å². The van der Waals surface area contributed by atoms with Crippen LogP contribution >= 0.6 is 0 Å². The third-order valence-electron chi connectivity index (χ3n) is 2.08. The van der Waals surface area contributed by atoms with Crippen LogP contribution in [0.5, 0.6) is 0 Å². The number of non-ortho nitro benzene ring substituents is 1. The van der Waals surface area contributed by atoms with Crippen molar-refractivity contribution in [2.75, 3.05) is 0 Å². The number of hydrogen-bond acceptors (Lipinski definition) is 4. The number of nitro benzene ring substituents is 1. The van der Waals surface area contributed by atoms with Crippen LogP contribution in [-0.4, -0.2) is 15.6 Å². The van der Waals surface area contributed by atoms with Crippen LogP contribution < -0.4 is 4.84 Å². The van der Waals surface area contributed by atoms with E-state index in [1.54, 1.807) is 6.07 Å². The molecule has 0 aliphatic rings. The molecule has 6 nitrogen and oxygen atoms in total. The fourth-order valence-electron chi connectivity index (χ4n) is 1.44. The molecule has 1 aromatic heterocycles. The summed E-state index contributed by atoms with van der Waals surface area (Å²) in [5, 5.41) is 11.2. The van der Waals surface area contributed by atoms with Gasteiger partial charge in [0.25, 0.3) is 5.69 Å². The predicted molar refractivity (Wildman–Crippen MR) is 55.9 cm³/mol. The van der Waals surface area contributed by atoms with Crippen LogP contribution in [0.15, 0.2) is 30.5 Å². The molecule has 0 unspecified atom stereocenters. The van der Waals surface area contributed by atoms with Crippen LogP contribution in [0.3, 0.4) is 0 Å². The lowest BCUT2D eigenvalue weighted by Gasteiger charge is -2.02. The summed E-state index contributed by atoms with van der Waals surface area (Å²) < 4.78 is 1.28. The van der Waals surface area contributed by atoms with Crippen molar-refractivity contribution in [1.82, 2.24) is 4.73 Å². The molecule has 82 valence electrons. The van der Waals surface area contributed by atoms with Crippen LogP contribution in [0, 0.1) is 10.1 Å². The number of carbonyl (C=O) groups is 1. The van der Waals surface area contributed by atoms with Crippen LogP contribution in [-0.2, 0) is 4.79 Å². The maximum Gasteiger partial charge on any atom is 0.329 e. The summed E-state index contributed by atoms with van der Waals surface area (Å²) in [6.45, 7) is 1.29. The number of nitro groups is 1. The topological polar surface area (TPSA) is 74.4 Å². The van der Waals surface area contributed by atoms with Crippen LogP contribution in [0.4, 0.5) is 5.69 Å². The number of benzene rings is 1. The van der Waals surface area contributed by atoms with Crippen molar-refractivity contribution in [1.29, 1.82) is 0 Å². The van der Waals surface area contributed by atoms with Crippen molar-refractivity contribution < 1.29 is 14.6 Å². The second-order valence-electron chi connectivity index (χ2n) is 3.22. The van der Waals surface area contributed by atoms with Gasteiger partial charge in [-0.05, 0) is 12.1 Å². The first kappa shape index (κ1) is 10.2. The van der Waals surface area contributed by atoms with E-state index >= 15 is 0 Å². The fourth-order valence-corrected chi connectivity index (χ4v) is 1.44. The molecule has 0 radical (unpaired) electrons. The maximum absolute atomic E-state index is 10.8. The summed E-state index contributed by atoms with van der Waals surface area (Å²) in [4.78, 5) is 25.7. The lowest BCUT2D eigenvalue weighted by molar-refractivity contribution is -0.384. The summed E-state index contributed by atoms with van der Waals surface area (Å²) in [5.74, 6) is -0.448. The minimum absolute atomic E-state index is 0.00748. The Morgan fingerprint density at radius 3 is 2.81 bits per heavy atom. The van der Waals surface area contributed by atoms with Crippen molar-refractivity contribution in [2.24, 2.45) is 0 Å². The van der Waals surface area contributed by atoms with Crippen molar-refractivity contribution in [3.8, 4) is 0 Å². The van der Waals surface area contributed by atoms with Gasteiger partial charge in [0, 0.05) is 30.6 Å². The average Bonchev–Trinajstić information content (AvgIpc) is 2.60. The molecule has 6 heteroatoms. The van der Waals surface area contributed by atoms with E-state index in [-0.39, 0.29) is 5.69 Å². The molecule has 0 saturated heterocycles. The van der Waals surface area contributed by atoms with Gasteiger partial charge in [0.1, 0.15) is 0 Å². The molecule has 0 aliphatic carbocycles. The monoisotopic (exact) mass is 220 g/mol. The van der Waals surface area contributed by atoms with E-state index < -0.39 is 10.9 Å². The van der Waals surface area contributed by atoms with Gasteiger partial charge in [0.05, 0.1) is 10.4 Å². The zero-order valence-corrected chi connectivity index (χ0v) is 8.41. The van der Waals surface area contributed by atoms with E-state index in [4.69, 9.17) is 4.84 Å². The standard InChI is InChI=1S/C10H8N2O4/c1-7(13)16-11-5-4-8-6-9(12(14)15)2-3-10(8)11/h2-6H,1H3. The normalized spacial score (nSPS) is 10.3. The Kier molecular flexibility index (Phi) is 2.32. The highest BCUT2D eigenvalue weighted by Crippen LogP contribution is 2.21. The third kappa shape index (κ3) is 1.72. The predicted octanol–water partition coefficient (Wildman–Crippen LogP) is 1.52. The highest BCUT2D eigenvalue weighted by atomic mass is 16.7. The molecule has 1 aromatic carbocycles. The third-order valence-corrected chi connectivity index (χ3v) is 2.08. The number of aromatic nitrogens is 1. The summed E-state index contributed by atoms with van der Waals surface area (Å²) >= 11 is 0. The molecule has 0 fully saturated rings. The van der Waals surface area contributed by atoms with E-state index in [9.17, 15) is 14.9 Å². The molecule has 1 heterocycles. The Bertz CT molecular complexity index is 573. The van der Waals surface area contributed by atoms with E-state index in [1.165, 1.54) is 36.1 Å².